The molecule has 2 N–H and O–H groups in total. The third kappa shape index (κ3) is 2.89. The molecule has 1 aromatic heterocycles. The molecule has 0 bridgehead atoms. The van der Waals surface area contributed by atoms with Crippen LogP contribution in [0.4, 0.5) is 11.4 Å². The smallest absolute Gasteiger partial charge is 0.225 e. The first-order valence-corrected chi connectivity index (χ1v) is 7.20. The number of hydrogen-bond acceptors (Lipinski definition) is 3. The molecule has 0 spiro atoms. The molecule has 0 radical (unpaired) electrons. The van der Waals surface area contributed by atoms with E-state index in [9.17, 15) is 4.79 Å². The summed E-state index contributed by atoms with van der Waals surface area (Å²) >= 11 is 0. The molecule has 1 amide bonds. The standard InChI is InChI=1S/C17H19N3O/c1-11-7-8-15(12(2)19-11)20-17(21)9-13-10-18-16-6-4-3-5-14(13)16/h3-8,13,18H,9-10H2,1-2H3,(H,20,21). The van der Waals surface area contributed by atoms with Crippen molar-refractivity contribution in [2.24, 2.45) is 0 Å². The number of aryl methyl sites for hydroxylation is 2. The minimum Gasteiger partial charge on any atom is -0.384 e. The van der Waals surface area contributed by atoms with Gasteiger partial charge in [-0.3, -0.25) is 9.78 Å². The Hall–Kier alpha value is -2.36. The number of anilines is 2. The van der Waals surface area contributed by atoms with Crippen molar-refractivity contribution in [1.82, 2.24) is 4.98 Å². The number of aromatic nitrogens is 1. The molecule has 3 rings (SSSR count). The summed E-state index contributed by atoms with van der Waals surface area (Å²) in [6.45, 7) is 4.67. The van der Waals surface area contributed by atoms with Gasteiger partial charge in [-0.05, 0) is 37.6 Å². The predicted molar refractivity (Wildman–Crippen MR) is 84.6 cm³/mol. The molecule has 1 aromatic carbocycles. The lowest BCUT2D eigenvalue weighted by Crippen LogP contribution is -2.17. The van der Waals surface area contributed by atoms with Crippen LogP contribution in [0.5, 0.6) is 0 Å². The Labute approximate surface area is 124 Å². The number of hydrogen-bond donors (Lipinski definition) is 2. The molecule has 4 heteroatoms. The quantitative estimate of drug-likeness (QED) is 0.908. The van der Waals surface area contributed by atoms with Crippen molar-refractivity contribution in [2.45, 2.75) is 26.2 Å². The maximum atomic E-state index is 12.2. The number of pyridine rings is 1. The maximum absolute atomic E-state index is 12.2. The molecule has 108 valence electrons. The van der Waals surface area contributed by atoms with Crippen LogP contribution in [0.25, 0.3) is 0 Å². The summed E-state index contributed by atoms with van der Waals surface area (Å²) in [6, 6.07) is 12.0. The monoisotopic (exact) mass is 281 g/mol. The third-order valence-electron chi connectivity index (χ3n) is 3.87. The zero-order chi connectivity index (χ0) is 14.8. The second-order valence-corrected chi connectivity index (χ2v) is 5.50. The topological polar surface area (TPSA) is 54.0 Å². The number of carbonyl (C=O) groups excluding carboxylic acids is 1. The number of nitrogens with one attached hydrogen (secondary N) is 2. The van der Waals surface area contributed by atoms with Crippen LogP contribution in [0.15, 0.2) is 36.4 Å². The van der Waals surface area contributed by atoms with Gasteiger partial charge in [0.2, 0.25) is 5.91 Å². The summed E-state index contributed by atoms with van der Waals surface area (Å²) in [7, 11) is 0. The molecule has 4 nitrogen and oxygen atoms in total. The lowest BCUT2D eigenvalue weighted by atomic mass is 9.97. The number of nitrogens with zero attached hydrogens (tertiary/aromatic N) is 1. The minimum absolute atomic E-state index is 0.0345. The van der Waals surface area contributed by atoms with E-state index in [4.69, 9.17) is 0 Å². The summed E-state index contributed by atoms with van der Waals surface area (Å²) in [5, 5.41) is 6.31. The van der Waals surface area contributed by atoms with E-state index in [0.29, 0.717) is 6.42 Å². The molecule has 0 fully saturated rings. The molecule has 0 aliphatic carbocycles. The highest BCUT2D eigenvalue weighted by atomic mass is 16.1. The fraction of sp³-hybridized carbons (Fsp3) is 0.294. The van der Waals surface area contributed by atoms with Gasteiger partial charge in [-0.2, -0.15) is 0 Å². The molecule has 0 saturated heterocycles. The Bertz CT molecular complexity index is 681. The van der Waals surface area contributed by atoms with E-state index in [1.54, 1.807) is 0 Å². The number of para-hydroxylation sites is 1. The van der Waals surface area contributed by atoms with Gasteiger partial charge >= 0.3 is 0 Å². The fourth-order valence-corrected chi connectivity index (χ4v) is 2.78. The van der Waals surface area contributed by atoms with Gasteiger partial charge in [0.1, 0.15) is 0 Å². The Morgan fingerprint density at radius 3 is 2.90 bits per heavy atom. The first kappa shape index (κ1) is 13.6. The highest BCUT2D eigenvalue weighted by Gasteiger charge is 2.24. The van der Waals surface area contributed by atoms with Crippen molar-refractivity contribution >= 4 is 17.3 Å². The van der Waals surface area contributed by atoms with E-state index in [-0.39, 0.29) is 11.8 Å². The molecule has 2 heterocycles. The third-order valence-corrected chi connectivity index (χ3v) is 3.87. The summed E-state index contributed by atoms with van der Waals surface area (Å²) < 4.78 is 0. The Kier molecular flexibility index (Phi) is 3.60. The van der Waals surface area contributed by atoms with Gasteiger partial charge in [-0.1, -0.05) is 18.2 Å². The van der Waals surface area contributed by atoms with Crippen molar-refractivity contribution in [3.8, 4) is 0 Å². The van der Waals surface area contributed by atoms with Crippen LogP contribution < -0.4 is 10.6 Å². The van der Waals surface area contributed by atoms with Crippen LogP contribution >= 0.6 is 0 Å². The molecule has 1 aliphatic rings. The second kappa shape index (κ2) is 5.56. The van der Waals surface area contributed by atoms with Crippen LogP contribution in [0.2, 0.25) is 0 Å². The molecule has 21 heavy (non-hydrogen) atoms. The van der Waals surface area contributed by atoms with Crippen molar-refractivity contribution in [1.29, 1.82) is 0 Å². The molecular weight excluding hydrogens is 262 g/mol. The summed E-state index contributed by atoms with van der Waals surface area (Å²) in [6.07, 6.45) is 0.483. The molecule has 1 atom stereocenters. The Morgan fingerprint density at radius 2 is 2.10 bits per heavy atom. The van der Waals surface area contributed by atoms with Crippen molar-refractivity contribution in [2.75, 3.05) is 17.2 Å². The highest BCUT2D eigenvalue weighted by Crippen LogP contribution is 2.33. The Morgan fingerprint density at radius 1 is 1.29 bits per heavy atom. The summed E-state index contributed by atoms with van der Waals surface area (Å²) in [5.41, 5.74) is 4.98. The van der Waals surface area contributed by atoms with Crippen LogP contribution in [0.1, 0.15) is 29.3 Å². The number of amides is 1. The van der Waals surface area contributed by atoms with Gasteiger partial charge in [0, 0.05) is 30.3 Å². The van der Waals surface area contributed by atoms with E-state index in [1.165, 1.54) is 5.56 Å². The average molecular weight is 281 g/mol. The number of benzene rings is 1. The number of fused-ring (bicyclic) bond motifs is 1. The summed E-state index contributed by atoms with van der Waals surface area (Å²) in [5.74, 6) is 0.271. The average Bonchev–Trinajstić information content (AvgIpc) is 2.85. The van der Waals surface area contributed by atoms with E-state index in [2.05, 4.69) is 27.8 Å². The largest absolute Gasteiger partial charge is 0.384 e. The van der Waals surface area contributed by atoms with Gasteiger partial charge in [0.25, 0.3) is 0 Å². The molecule has 0 saturated carbocycles. The Balaban J connectivity index is 1.68. The second-order valence-electron chi connectivity index (χ2n) is 5.50. The first-order chi connectivity index (χ1) is 10.1. The summed E-state index contributed by atoms with van der Waals surface area (Å²) in [4.78, 5) is 16.6. The van der Waals surface area contributed by atoms with E-state index >= 15 is 0 Å². The van der Waals surface area contributed by atoms with Gasteiger partial charge in [-0.25, -0.2) is 0 Å². The fourth-order valence-electron chi connectivity index (χ4n) is 2.78. The SMILES string of the molecule is Cc1ccc(NC(=O)CC2CNc3ccccc32)c(C)n1. The zero-order valence-electron chi connectivity index (χ0n) is 12.3. The minimum atomic E-state index is 0.0345. The molecule has 1 aliphatic heterocycles. The van der Waals surface area contributed by atoms with Crippen LogP contribution in [0.3, 0.4) is 0 Å². The van der Waals surface area contributed by atoms with Gasteiger partial charge in [0.15, 0.2) is 0 Å². The van der Waals surface area contributed by atoms with Gasteiger partial charge in [0.05, 0.1) is 11.4 Å². The lowest BCUT2D eigenvalue weighted by Gasteiger charge is -2.12. The highest BCUT2D eigenvalue weighted by molar-refractivity contribution is 5.92. The predicted octanol–water partition coefficient (Wildman–Crippen LogP) is 3.24. The molecular formula is C17H19N3O. The van der Waals surface area contributed by atoms with Crippen molar-refractivity contribution in [3.05, 3.63) is 53.3 Å². The van der Waals surface area contributed by atoms with Gasteiger partial charge in [-0.15, -0.1) is 0 Å². The number of carbonyl (C=O) groups is 1. The van der Waals surface area contributed by atoms with Crippen LogP contribution in [0, 0.1) is 13.8 Å². The van der Waals surface area contributed by atoms with Gasteiger partial charge < -0.3 is 10.6 Å². The van der Waals surface area contributed by atoms with E-state index in [0.717, 1.165) is 29.3 Å². The lowest BCUT2D eigenvalue weighted by molar-refractivity contribution is -0.116. The number of rotatable bonds is 3. The van der Waals surface area contributed by atoms with E-state index < -0.39 is 0 Å². The van der Waals surface area contributed by atoms with Crippen molar-refractivity contribution in [3.63, 3.8) is 0 Å². The van der Waals surface area contributed by atoms with Crippen LogP contribution in [-0.4, -0.2) is 17.4 Å². The molecule has 1 unspecified atom stereocenters. The maximum Gasteiger partial charge on any atom is 0.225 e. The van der Waals surface area contributed by atoms with Crippen LogP contribution in [-0.2, 0) is 4.79 Å². The first-order valence-electron chi connectivity index (χ1n) is 7.20. The zero-order valence-corrected chi connectivity index (χ0v) is 12.3. The van der Waals surface area contributed by atoms with Crippen molar-refractivity contribution < 1.29 is 4.79 Å². The normalized spacial score (nSPS) is 16.2. The molecule has 2 aromatic rings. The van der Waals surface area contributed by atoms with E-state index in [1.807, 2.05) is 38.1 Å².